The van der Waals surface area contributed by atoms with Crippen LogP contribution in [-0.2, 0) is 22.6 Å². The maximum absolute atomic E-state index is 12.0. The number of carbonyl (C=O) groups is 2. The highest BCUT2D eigenvalue weighted by Crippen LogP contribution is 2.21. The highest BCUT2D eigenvalue weighted by molar-refractivity contribution is 5.85. The molecule has 2 amide bonds. The number of hydrogen-bond acceptors (Lipinski definition) is 4. The smallest absolute Gasteiger partial charge is 0.258 e. The van der Waals surface area contributed by atoms with E-state index >= 15 is 0 Å². The molecule has 0 radical (unpaired) electrons. The molecule has 0 aliphatic rings. The Morgan fingerprint density at radius 2 is 1.64 bits per heavy atom. The van der Waals surface area contributed by atoms with Gasteiger partial charge >= 0.3 is 0 Å². The number of para-hydroxylation sites is 1. The third-order valence-corrected chi connectivity index (χ3v) is 4.05. The van der Waals surface area contributed by atoms with Gasteiger partial charge in [-0.3, -0.25) is 9.59 Å². The summed E-state index contributed by atoms with van der Waals surface area (Å²) in [5, 5.41) is 5.21. The van der Waals surface area contributed by atoms with E-state index in [9.17, 15) is 9.59 Å². The van der Waals surface area contributed by atoms with Crippen LogP contribution in [0.15, 0.2) is 77.4 Å². The summed E-state index contributed by atoms with van der Waals surface area (Å²) in [6, 6.07) is 21.2. The van der Waals surface area contributed by atoms with E-state index < -0.39 is 0 Å². The molecule has 0 aliphatic heterocycles. The quantitative estimate of drug-likeness (QED) is 0.600. The van der Waals surface area contributed by atoms with Crippen molar-refractivity contribution < 1.29 is 18.7 Å². The summed E-state index contributed by atoms with van der Waals surface area (Å²) in [6.07, 6.45) is 2.25. The van der Waals surface area contributed by atoms with Gasteiger partial charge < -0.3 is 19.8 Å². The highest BCUT2D eigenvalue weighted by Gasteiger charge is 2.09. The number of nitrogens with one attached hydrogen (secondary N) is 2. The first-order valence-electron chi connectivity index (χ1n) is 9.01. The summed E-state index contributed by atoms with van der Waals surface area (Å²) in [6.45, 7) is 0.0108. The predicted octanol–water partition coefficient (Wildman–Crippen LogP) is 2.68. The van der Waals surface area contributed by atoms with Crippen LogP contribution in [0.2, 0.25) is 0 Å². The third kappa shape index (κ3) is 6.02. The summed E-state index contributed by atoms with van der Waals surface area (Å²) >= 11 is 0. The van der Waals surface area contributed by atoms with Gasteiger partial charge in [-0.2, -0.15) is 0 Å². The van der Waals surface area contributed by atoms with Crippen LogP contribution in [0, 0.1) is 0 Å². The molecule has 6 nitrogen and oxygen atoms in total. The van der Waals surface area contributed by atoms with E-state index in [1.807, 2.05) is 54.6 Å². The molecule has 3 rings (SSSR count). The van der Waals surface area contributed by atoms with E-state index in [0.29, 0.717) is 17.9 Å². The maximum Gasteiger partial charge on any atom is 0.258 e. The van der Waals surface area contributed by atoms with Gasteiger partial charge in [0, 0.05) is 6.42 Å². The first-order valence-corrected chi connectivity index (χ1v) is 9.01. The number of carbonyl (C=O) groups excluding carboxylic acids is 2. The second-order valence-electron chi connectivity index (χ2n) is 6.19. The van der Waals surface area contributed by atoms with Crippen molar-refractivity contribution in [2.24, 2.45) is 0 Å². The van der Waals surface area contributed by atoms with Crippen LogP contribution >= 0.6 is 0 Å². The van der Waals surface area contributed by atoms with Crippen LogP contribution in [0.4, 0.5) is 0 Å². The molecule has 0 saturated heterocycles. The van der Waals surface area contributed by atoms with E-state index in [-0.39, 0.29) is 31.5 Å². The van der Waals surface area contributed by atoms with Gasteiger partial charge in [-0.1, -0.05) is 48.5 Å². The number of ether oxygens (including phenoxy) is 1. The molecule has 2 aromatic carbocycles. The molecule has 28 heavy (non-hydrogen) atoms. The minimum Gasteiger partial charge on any atom is -0.483 e. The molecule has 0 fully saturated rings. The highest BCUT2D eigenvalue weighted by atomic mass is 16.5. The minimum atomic E-state index is -0.359. The fourth-order valence-electron chi connectivity index (χ4n) is 2.64. The number of hydrogen-bond donors (Lipinski definition) is 2. The largest absolute Gasteiger partial charge is 0.483 e. The fourth-order valence-corrected chi connectivity index (χ4v) is 2.64. The minimum absolute atomic E-state index is 0.117. The Labute approximate surface area is 163 Å². The average Bonchev–Trinajstić information content (AvgIpc) is 3.24. The van der Waals surface area contributed by atoms with Gasteiger partial charge in [-0.15, -0.1) is 0 Å². The molecular formula is C22H22N2O4. The fraction of sp³-hybridized carbons (Fsp3) is 0.182. The molecule has 0 spiro atoms. The lowest BCUT2D eigenvalue weighted by Gasteiger charge is -2.12. The van der Waals surface area contributed by atoms with Crippen LogP contribution in [0.3, 0.4) is 0 Å². The molecule has 3 aromatic rings. The van der Waals surface area contributed by atoms with Crippen molar-refractivity contribution in [2.45, 2.75) is 13.0 Å². The summed E-state index contributed by atoms with van der Waals surface area (Å²) < 4.78 is 10.8. The molecule has 2 N–H and O–H groups in total. The normalized spacial score (nSPS) is 10.3. The van der Waals surface area contributed by atoms with Crippen LogP contribution in [-0.4, -0.2) is 25.0 Å². The van der Waals surface area contributed by atoms with Crippen molar-refractivity contribution >= 4 is 11.8 Å². The van der Waals surface area contributed by atoms with E-state index in [0.717, 1.165) is 11.1 Å². The maximum atomic E-state index is 12.0. The predicted molar refractivity (Wildman–Crippen MR) is 105 cm³/mol. The monoisotopic (exact) mass is 378 g/mol. The van der Waals surface area contributed by atoms with Crippen molar-refractivity contribution in [3.8, 4) is 5.75 Å². The molecular weight excluding hydrogens is 356 g/mol. The van der Waals surface area contributed by atoms with Gasteiger partial charge in [-0.25, -0.2) is 0 Å². The summed E-state index contributed by atoms with van der Waals surface area (Å²) in [7, 11) is 0. The Balaban J connectivity index is 1.43. The van der Waals surface area contributed by atoms with Crippen LogP contribution in [0.25, 0.3) is 0 Å². The van der Waals surface area contributed by atoms with Crippen molar-refractivity contribution in [3.05, 3.63) is 89.9 Å². The first kappa shape index (κ1) is 19.2. The molecule has 1 aromatic heterocycles. The molecule has 0 atom stereocenters. The van der Waals surface area contributed by atoms with Crippen molar-refractivity contribution in [2.75, 3.05) is 13.2 Å². The van der Waals surface area contributed by atoms with Gasteiger partial charge in [0.25, 0.3) is 5.91 Å². The number of amides is 2. The number of rotatable bonds is 9. The van der Waals surface area contributed by atoms with Crippen LogP contribution in [0.5, 0.6) is 5.75 Å². The van der Waals surface area contributed by atoms with Crippen molar-refractivity contribution in [3.63, 3.8) is 0 Å². The Morgan fingerprint density at radius 3 is 2.43 bits per heavy atom. The SMILES string of the molecule is O=C(CNC(=O)COc1ccccc1Cc1ccccc1)NCc1ccco1. The molecule has 6 heteroatoms. The second kappa shape index (κ2) is 9.97. The van der Waals surface area contributed by atoms with Gasteiger partial charge in [0.05, 0.1) is 19.4 Å². The van der Waals surface area contributed by atoms with Crippen LogP contribution < -0.4 is 15.4 Å². The Kier molecular flexibility index (Phi) is 6.84. The zero-order valence-corrected chi connectivity index (χ0v) is 15.4. The second-order valence-corrected chi connectivity index (χ2v) is 6.19. The van der Waals surface area contributed by atoms with E-state index in [1.54, 1.807) is 12.1 Å². The van der Waals surface area contributed by atoms with Gasteiger partial charge in [-0.05, 0) is 29.3 Å². The summed E-state index contributed by atoms with van der Waals surface area (Å²) in [4.78, 5) is 23.8. The van der Waals surface area contributed by atoms with Gasteiger partial charge in [0.15, 0.2) is 6.61 Å². The lowest BCUT2D eigenvalue weighted by atomic mass is 10.0. The van der Waals surface area contributed by atoms with E-state index in [2.05, 4.69) is 10.6 Å². The van der Waals surface area contributed by atoms with Gasteiger partial charge in [0.1, 0.15) is 11.5 Å². The molecule has 144 valence electrons. The van der Waals surface area contributed by atoms with Crippen LogP contribution in [0.1, 0.15) is 16.9 Å². The molecule has 1 heterocycles. The molecule has 0 unspecified atom stereocenters. The lowest BCUT2D eigenvalue weighted by molar-refractivity contribution is -0.127. The zero-order chi connectivity index (χ0) is 19.6. The molecule has 0 saturated carbocycles. The Bertz CT molecular complexity index is 892. The first-order chi connectivity index (χ1) is 13.7. The molecule has 0 bridgehead atoms. The van der Waals surface area contributed by atoms with Gasteiger partial charge in [0.2, 0.25) is 5.91 Å². The van der Waals surface area contributed by atoms with E-state index in [4.69, 9.17) is 9.15 Å². The standard InChI is InChI=1S/C22H22N2O4/c25-21(23-14-19-10-6-12-27-19)15-24-22(26)16-28-20-11-5-4-9-18(20)13-17-7-2-1-3-8-17/h1-12H,13-16H2,(H,23,25)(H,24,26). The van der Waals surface area contributed by atoms with E-state index in [1.165, 1.54) is 6.26 Å². The average molecular weight is 378 g/mol. The Morgan fingerprint density at radius 1 is 0.857 bits per heavy atom. The van der Waals surface area contributed by atoms with Crippen molar-refractivity contribution in [1.82, 2.24) is 10.6 Å². The summed E-state index contributed by atoms with van der Waals surface area (Å²) in [5.74, 6) is 0.652. The zero-order valence-electron chi connectivity index (χ0n) is 15.4. The topological polar surface area (TPSA) is 80.6 Å². The number of furan rings is 1. The number of benzene rings is 2. The van der Waals surface area contributed by atoms with Crippen molar-refractivity contribution in [1.29, 1.82) is 0 Å². The summed E-state index contributed by atoms with van der Waals surface area (Å²) in [5.41, 5.74) is 2.16. The Hall–Kier alpha value is -3.54. The molecule has 0 aliphatic carbocycles. The third-order valence-electron chi connectivity index (χ3n) is 4.05. The lowest BCUT2D eigenvalue weighted by Crippen LogP contribution is -2.38.